The number of ketones is 1. The van der Waals surface area contributed by atoms with Crippen LogP contribution in [0.5, 0.6) is 5.75 Å². The molecule has 1 aromatic rings. The van der Waals surface area contributed by atoms with Gasteiger partial charge in [0.1, 0.15) is 11.9 Å². The third-order valence-electron chi connectivity index (χ3n) is 11.6. The van der Waals surface area contributed by atoms with E-state index in [9.17, 15) is 29.9 Å². The number of carbonyl (C=O) groups excluding carboxylic acids is 1. The van der Waals surface area contributed by atoms with E-state index < -0.39 is 59.5 Å². The van der Waals surface area contributed by atoms with Crippen LogP contribution in [0.15, 0.2) is 24.8 Å². The van der Waals surface area contributed by atoms with Crippen LogP contribution in [-0.2, 0) is 27.4 Å². The zero-order valence-electron chi connectivity index (χ0n) is 23.8. The molecule has 0 radical (unpaired) electrons. The number of aliphatic hydroxyl groups is 2. The smallest absolute Gasteiger partial charge is 0.478 e. The number of carboxylic acid groups (broad SMARTS) is 1. The van der Waals surface area contributed by atoms with E-state index in [1.54, 1.807) is 18.2 Å². The molecule has 0 spiro atoms. The number of nitrogens with two attached hydrogens (primary N) is 1. The van der Waals surface area contributed by atoms with E-state index in [2.05, 4.69) is 13.5 Å². The van der Waals surface area contributed by atoms with E-state index in [1.807, 2.05) is 20.8 Å². The van der Waals surface area contributed by atoms with Crippen LogP contribution in [0.25, 0.3) is 0 Å². The van der Waals surface area contributed by atoms with Gasteiger partial charge in [-0.3, -0.25) is 4.79 Å². The predicted octanol–water partition coefficient (Wildman–Crippen LogP) is 1.78. The molecule has 2 bridgehead atoms. The van der Waals surface area contributed by atoms with Crippen LogP contribution in [0.2, 0.25) is 0 Å². The van der Waals surface area contributed by atoms with Crippen molar-refractivity contribution in [3.8, 4) is 5.75 Å². The minimum absolute atomic E-state index is 0.0540. The second-order valence-corrected chi connectivity index (χ2v) is 13.2. The Balaban J connectivity index is 1.68. The molecule has 2 unspecified atom stereocenters. The van der Waals surface area contributed by atoms with Crippen molar-refractivity contribution in [2.24, 2.45) is 45.7 Å². The molecule has 218 valence electrons. The fourth-order valence-corrected chi connectivity index (χ4v) is 8.98. The third kappa shape index (κ3) is 4.01. The first-order valence-electron chi connectivity index (χ1n) is 14.3. The molecule has 4 aliphatic rings. The summed E-state index contributed by atoms with van der Waals surface area (Å²) < 4.78 is 11.7. The van der Waals surface area contributed by atoms with Gasteiger partial charge in [0.05, 0.1) is 12.7 Å². The molecule has 0 amide bonds. The Labute approximate surface area is 235 Å². The molecular formula is C30H42BNO8. The van der Waals surface area contributed by atoms with Gasteiger partial charge < -0.3 is 35.5 Å². The average molecular weight is 555 g/mol. The lowest BCUT2D eigenvalue weighted by molar-refractivity contribution is -0.193. The van der Waals surface area contributed by atoms with Crippen molar-refractivity contribution < 1.29 is 39.3 Å². The third-order valence-corrected chi connectivity index (χ3v) is 11.6. The fourth-order valence-electron chi connectivity index (χ4n) is 8.98. The Morgan fingerprint density at radius 1 is 1.30 bits per heavy atom. The van der Waals surface area contributed by atoms with Crippen LogP contribution in [0, 0.1) is 39.9 Å². The zero-order chi connectivity index (χ0) is 29.4. The van der Waals surface area contributed by atoms with E-state index in [0.29, 0.717) is 17.4 Å². The Morgan fingerprint density at radius 2 is 2.00 bits per heavy atom. The van der Waals surface area contributed by atoms with Gasteiger partial charge in [0.25, 0.3) is 0 Å². The van der Waals surface area contributed by atoms with E-state index in [4.69, 9.17) is 15.1 Å². The van der Waals surface area contributed by atoms with E-state index in [0.717, 1.165) is 12.0 Å². The van der Waals surface area contributed by atoms with Gasteiger partial charge in [-0.25, -0.2) is 4.79 Å². The summed E-state index contributed by atoms with van der Waals surface area (Å²) >= 11 is 0. The van der Waals surface area contributed by atoms with Crippen molar-refractivity contribution in [1.29, 1.82) is 0 Å². The van der Waals surface area contributed by atoms with Crippen LogP contribution in [-0.4, -0.2) is 57.5 Å². The fraction of sp³-hybridized carbons (Fsp3) is 0.667. The number of hydrogen-bond acceptors (Lipinski definition) is 8. The highest BCUT2D eigenvalue weighted by molar-refractivity contribution is 6.61. The summed E-state index contributed by atoms with van der Waals surface area (Å²) in [6, 6.07) is 3.28. The number of aliphatic carboxylic acids is 1. The zero-order valence-corrected chi connectivity index (χ0v) is 23.8. The number of benzene rings is 1. The Morgan fingerprint density at radius 3 is 2.62 bits per heavy atom. The lowest BCUT2D eigenvalue weighted by Gasteiger charge is -2.62. The molecule has 3 fully saturated rings. The molecule has 1 aliphatic heterocycles. The summed E-state index contributed by atoms with van der Waals surface area (Å²) in [5, 5.41) is 43.8. The first kappa shape index (κ1) is 29.3. The quantitative estimate of drug-likeness (QED) is 0.261. The molecule has 9 nitrogen and oxygen atoms in total. The van der Waals surface area contributed by atoms with Crippen molar-refractivity contribution in [2.45, 2.75) is 84.8 Å². The largest absolute Gasteiger partial charge is 0.491 e. The van der Waals surface area contributed by atoms with Gasteiger partial charge in [0, 0.05) is 23.8 Å². The molecular weight excluding hydrogens is 513 g/mol. The van der Waals surface area contributed by atoms with Gasteiger partial charge in [0.15, 0.2) is 11.9 Å². The SMILES string of the molecule is C=C[C@]1(C)C[C@@H](C(Oc2cc(CN)c3c(c2)B(O)OC3)C(=O)O)[C@@]2(C)[C@H](C)CC[C@]3(CC(O)C(=O)[C@H]32)[C@@H](C)[C@@H]1O. The Hall–Kier alpha value is -2.24. The second-order valence-electron chi connectivity index (χ2n) is 13.2. The number of carbonyl (C=O) groups is 2. The maximum Gasteiger partial charge on any atom is 0.491 e. The molecule has 3 saturated carbocycles. The number of hydrogen-bond donors (Lipinski definition) is 5. The highest BCUT2D eigenvalue weighted by Crippen LogP contribution is 2.69. The summed E-state index contributed by atoms with van der Waals surface area (Å²) in [6.45, 7) is 12.3. The Kier molecular flexibility index (Phi) is 7.28. The minimum atomic E-state index is -1.39. The van der Waals surface area contributed by atoms with Gasteiger partial charge in [-0.1, -0.05) is 33.8 Å². The van der Waals surface area contributed by atoms with Crippen molar-refractivity contribution in [2.75, 3.05) is 0 Å². The van der Waals surface area contributed by atoms with Gasteiger partial charge in [0.2, 0.25) is 0 Å². The number of carboxylic acids is 1. The van der Waals surface area contributed by atoms with Crippen LogP contribution >= 0.6 is 0 Å². The maximum atomic E-state index is 13.8. The van der Waals surface area contributed by atoms with Crippen molar-refractivity contribution in [3.05, 3.63) is 35.9 Å². The molecule has 40 heavy (non-hydrogen) atoms. The normalized spacial score (nSPS) is 41.5. The summed E-state index contributed by atoms with van der Waals surface area (Å²) in [7, 11) is -1.16. The lowest BCUT2D eigenvalue weighted by atomic mass is 9.41. The van der Waals surface area contributed by atoms with E-state index in [1.165, 1.54) is 0 Å². The Bertz CT molecular complexity index is 1220. The number of rotatable bonds is 6. The van der Waals surface area contributed by atoms with E-state index >= 15 is 0 Å². The molecule has 10 heteroatoms. The number of ether oxygens (including phenoxy) is 1. The van der Waals surface area contributed by atoms with Crippen LogP contribution in [0.4, 0.5) is 0 Å². The van der Waals surface area contributed by atoms with Crippen LogP contribution < -0.4 is 15.9 Å². The van der Waals surface area contributed by atoms with Gasteiger partial charge in [-0.2, -0.15) is 0 Å². The predicted molar refractivity (Wildman–Crippen MR) is 148 cm³/mol. The molecule has 3 aliphatic carbocycles. The highest BCUT2D eigenvalue weighted by atomic mass is 16.5. The molecule has 6 N–H and O–H groups in total. The maximum absolute atomic E-state index is 13.8. The minimum Gasteiger partial charge on any atom is -0.478 e. The summed E-state index contributed by atoms with van der Waals surface area (Å²) in [5.74, 6) is -2.95. The van der Waals surface area contributed by atoms with Gasteiger partial charge in [-0.15, -0.1) is 6.58 Å². The summed E-state index contributed by atoms with van der Waals surface area (Å²) in [5.41, 5.74) is 5.51. The van der Waals surface area contributed by atoms with Crippen molar-refractivity contribution >= 4 is 24.3 Å². The van der Waals surface area contributed by atoms with Crippen LogP contribution in [0.3, 0.4) is 0 Å². The molecule has 5 rings (SSSR count). The molecule has 0 aromatic heterocycles. The van der Waals surface area contributed by atoms with Gasteiger partial charge >= 0.3 is 13.1 Å². The van der Waals surface area contributed by atoms with Crippen molar-refractivity contribution in [3.63, 3.8) is 0 Å². The molecule has 1 heterocycles. The number of aliphatic hydroxyl groups excluding tert-OH is 2. The van der Waals surface area contributed by atoms with Crippen LogP contribution in [0.1, 0.15) is 64.5 Å². The van der Waals surface area contributed by atoms with Gasteiger partial charge in [-0.05, 0) is 77.1 Å². The first-order valence-corrected chi connectivity index (χ1v) is 14.3. The second kappa shape index (κ2) is 9.95. The number of Topliss-reactive ketones (excluding diaryl/α,β-unsaturated/α-hetero) is 1. The monoisotopic (exact) mass is 555 g/mol. The summed E-state index contributed by atoms with van der Waals surface area (Å²) in [6.07, 6.45) is 0.104. The highest BCUT2D eigenvalue weighted by Gasteiger charge is 2.70. The number of fused-ring (bicyclic) bond motifs is 1. The molecule has 10 atom stereocenters. The molecule has 1 aromatic carbocycles. The first-order chi connectivity index (χ1) is 18.7. The topological polar surface area (TPSA) is 160 Å². The average Bonchev–Trinajstić information content (AvgIpc) is 3.43. The standard InChI is InChI=1S/C30H42BNO8/c1-6-28(4)11-20(24(27(36)37)40-18-9-17(13-32)19-14-39-31(38)21(19)10-18)29(5)15(2)7-8-30(16(3)26(28)35)12-22(33)23(34)25(29)30/h6,9-10,15-16,20,22,24-26,33,35,38H,1,7-8,11-14,32H2,2-5H3,(H,36,37)/t15-,16+,20+,22?,24?,25+,26+,28-,29-,30+/m1/s1. The lowest BCUT2D eigenvalue weighted by Crippen LogP contribution is -2.63. The van der Waals surface area contributed by atoms with Crippen molar-refractivity contribution in [1.82, 2.24) is 0 Å². The molecule has 0 saturated heterocycles. The van der Waals surface area contributed by atoms with E-state index in [-0.39, 0.29) is 49.4 Å². The summed E-state index contributed by atoms with van der Waals surface area (Å²) in [4.78, 5) is 26.9.